The van der Waals surface area contributed by atoms with E-state index in [1.54, 1.807) is 19.1 Å². The van der Waals surface area contributed by atoms with E-state index < -0.39 is 6.10 Å². The number of likely N-dealkylation sites (tertiary alicyclic amines) is 1. The predicted molar refractivity (Wildman–Crippen MR) is 80.0 cm³/mol. The molecule has 1 amide bonds. The van der Waals surface area contributed by atoms with Crippen molar-refractivity contribution < 1.29 is 9.53 Å². The maximum atomic E-state index is 12.3. The van der Waals surface area contributed by atoms with Crippen molar-refractivity contribution >= 4 is 17.5 Å². The molecule has 4 nitrogen and oxygen atoms in total. The number of benzene rings is 1. The van der Waals surface area contributed by atoms with Crippen LogP contribution >= 0.6 is 11.6 Å². The summed E-state index contributed by atoms with van der Waals surface area (Å²) >= 11 is 5.97. The molecule has 0 radical (unpaired) electrons. The SMILES string of the molecule is Cc1cc(OC(C)C(=O)N2CCC(CN)C2)ccc1Cl. The first-order valence-corrected chi connectivity index (χ1v) is 7.30. The molecule has 1 aromatic carbocycles. The number of halogens is 1. The molecule has 1 fully saturated rings. The Bertz CT molecular complexity index is 493. The molecule has 0 aliphatic carbocycles. The van der Waals surface area contributed by atoms with Crippen LogP contribution in [0.15, 0.2) is 18.2 Å². The summed E-state index contributed by atoms with van der Waals surface area (Å²) in [7, 11) is 0. The summed E-state index contributed by atoms with van der Waals surface area (Å²) < 4.78 is 5.71. The number of hydrogen-bond donors (Lipinski definition) is 1. The molecule has 1 saturated heterocycles. The summed E-state index contributed by atoms with van der Waals surface area (Å²) in [5.41, 5.74) is 6.58. The zero-order valence-electron chi connectivity index (χ0n) is 11.9. The second-order valence-electron chi connectivity index (χ2n) is 5.35. The lowest BCUT2D eigenvalue weighted by molar-refractivity contribution is -0.136. The van der Waals surface area contributed by atoms with Crippen LogP contribution in [0.3, 0.4) is 0 Å². The van der Waals surface area contributed by atoms with Crippen LogP contribution in [-0.2, 0) is 4.79 Å². The fraction of sp³-hybridized carbons (Fsp3) is 0.533. The fourth-order valence-electron chi connectivity index (χ4n) is 2.43. The number of rotatable bonds is 4. The Kier molecular flexibility index (Phi) is 4.89. The van der Waals surface area contributed by atoms with Gasteiger partial charge < -0.3 is 15.4 Å². The summed E-state index contributed by atoms with van der Waals surface area (Å²) in [4.78, 5) is 14.1. The standard InChI is InChI=1S/C15H21ClN2O2/c1-10-7-13(3-4-14(10)16)20-11(2)15(19)18-6-5-12(8-17)9-18/h3-4,7,11-12H,5-6,8-9,17H2,1-2H3. The van der Waals surface area contributed by atoms with E-state index in [9.17, 15) is 4.79 Å². The average Bonchev–Trinajstić information content (AvgIpc) is 2.91. The van der Waals surface area contributed by atoms with Crippen LogP contribution in [0.1, 0.15) is 18.9 Å². The van der Waals surface area contributed by atoms with Crippen molar-refractivity contribution in [2.24, 2.45) is 11.7 Å². The molecule has 1 aliphatic heterocycles. The van der Waals surface area contributed by atoms with Crippen LogP contribution in [-0.4, -0.2) is 36.5 Å². The topological polar surface area (TPSA) is 55.6 Å². The summed E-state index contributed by atoms with van der Waals surface area (Å²) in [6, 6.07) is 5.41. The van der Waals surface area contributed by atoms with E-state index in [0.717, 1.165) is 25.1 Å². The van der Waals surface area contributed by atoms with E-state index >= 15 is 0 Å². The van der Waals surface area contributed by atoms with Crippen molar-refractivity contribution in [3.63, 3.8) is 0 Å². The molecular weight excluding hydrogens is 276 g/mol. The van der Waals surface area contributed by atoms with Gasteiger partial charge in [-0.15, -0.1) is 0 Å². The van der Waals surface area contributed by atoms with Crippen LogP contribution in [0, 0.1) is 12.8 Å². The average molecular weight is 297 g/mol. The van der Waals surface area contributed by atoms with Crippen molar-refractivity contribution in [1.82, 2.24) is 4.90 Å². The monoisotopic (exact) mass is 296 g/mol. The highest BCUT2D eigenvalue weighted by Crippen LogP contribution is 2.23. The van der Waals surface area contributed by atoms with Gasteiger partial charge in [-0.25, -0.2) is 0 Å². The zero-order chi connectivity index (χ0) is 14.7. The third kappa shape index (κ3) is 3.44. The summed E-state index contributed by atoms with van der Waals surface area (Å²) in [5, 5.41) is 0.696. The Hall–Kier alpha value is -1.26. The lowest BCUT2D eigenvalue weighted by Crippen LogP contribution is -2.39. The van der Waals surface area contributed by atoms with Crippen molar-refractivity contribution in [2.75, 3.05) is 19.6 Å². The van der Waals surface area contributed by atoms with Gasteiger partial charge in [-0.1, -0.05) is 11.6 Å². The number of carbonyl (C=O) groups is 1. The van der Waals surface area contributed by atoms with E-state index in [2.05, 4.69) is 0 Å². The molecule has 2 unspecified atom stereocenters. The van der Waals surface area contributed by atoms with Gasteiger partial charge in [-0.3, -0.25) is 4.79 Å². The highest BCUT2D eigenvalue weighted by molar-refractivity contribution is 6.31. The Morgan fingerprint density at radius 1 is 1.60 bits per heavy atom. The van der Waals surface area contributed by atoms with Gasteiger partial charge in [0, 0.05) is 18.1 Å². The lowest BCUT2D eigenvalue weighted by atomic mass is 10.1. The Morgan fingerprint density at radius 2 is 2.35 bits per heavy atom. The summed E-state index contributed by atoms with van der Waals surface area (Å²) in [6.07, 6.45) is 0.488. The second-order valence-corrected chi connectivity index (χ2v) is 5.75. The maximum absolute atomic E-state index is 12.3. The van der Waals surface area contributed by atoms with Gasteiger partial charge in [0.25, 0.3) is 5.91 Å². The Labute approximate surface area is 124 Å². The molecule has 110 valence electrons. The highest BCUT2D eigenvalue weighted by Gasteiger charge is 2.29. The Balaban J connectivity index is 1.95. The number of hydrogen-bond acceptors (Lipinski definition) is 3. The van der Waals surface area contributed by atoms with Crippen LogP contribution < -0.4 is 10.5 Å². The first-order valence-electron chi connectivity index (χ1n) is 6.93. The maximum Gasteiger partial charge on any atom is 0.263 e. The van der Waals surface area contributed by atoms with Gasteiger partial charge in [0.15, 0.2) is 6.10 Å². The quantitative estimate of drug-likeness (QED) is 0.927. The number of nitrogens with two attached hydrogens (primary N) is 1. The van der Waals surface area contributed by atoms with E-state index in [4.69, 9.17) is 22.1 Å². The van der Waals surface area contributed by atoms with Gasteiger partial charge in [-0.05, 0) is 56.5 Å². The van der Waals surface area contributed by atoms with Crippen molar-refractivity contribution in [1.29, 1.82) is 0 Å². The van der Waals surface area contributed by atoms with E-state index in [0.29, 0.717) is 23.2 Å². The predicted octanol–water partition coefficient (Wildman–Crippen LogP) is 2.22. The van der Waals surface area contributed by atoms with E-state index in [1.165, 1.54) is 0 Å². The smallest absolute Gasteiger partial charge is 0.263 e. The Morgan fingerprint density at radius 3 is 2.95 bits per heavy atom. The first-order chi connectivity index (χ1) is 9.51. The molecule has 2 N–H and O–H groups in total. The molecule has 1 aromatic rings. The van der Waals surface area contributed by atoms with Crippen LogP contribution in [0.5, 0.6) is 5.75 Å². The van der Waals surface area contributed by atoms with Gasteiger partial charge in [0.05, 0.1) is 0 Å². The number of carbonyl (C=O) groups excluding carboxylic acids is 1. The number of nitrogens with zero attached hydrogens (tertiary/aromatic N) is 1. The molecular formula is C15H21ClN2O2. The van der Waals surface area contributed by atoms with Gasteiger partial charge in [0.1, 0.15) is 5.75 Å². The lowest BCUT2D eigenvalue weighted by Gasteiger charge is -2.22. The van der Waals surface area contributed by atoms with Gasteiger partial charge >= 0.3 is 0 Å². The normalized spacial score (nSPS) is 20.0. The van der Waals surface area contributed by atoms with Crippen molar-refractivity contribution in [2.45, 2.75) is 26.4 Å². The molecule has 1 heterocycles. The molecule has 0 aromatic heterocycles. The van der Waals surface area contributed by atoms with Crippen molar-refractivity contribution in [3.05, 3.63) is 28.8 Å². The minimum Gasteiger partial charge on any atom is -0.481 e. The second kappa shape index (κ2) is 6.46. The molecule has 1 aliphatic rings. The van der Waals surface area contributed by atoms with Gasteiger partial charge in [-0.2, -0.15) is 0 Å². The summed E-state index contributed by atoms with van der Waals surface area (Å²) in [6.45, 7) is 5.84. The molecule has 5 heteroatoms. The molecule has 0 spiro atoms. The number of amides is 1. The molecule has 20 heavy (non-hydrogen) atoms. The van der Waals surface area contributed by atoms with Crippen LogP contribution in [0.25, 0.3) is 0 Å². The number of ether oxygens (including phenoxy) is 1. The summed E-state index contributed by atoms with van der Waals surface area (Å²) in [5.74, 6) is 1.11. The van der Waals surface area contributed by atoms with Gasteiger partial charge in [0.2, 0.25) is 0 Å². The van der Waals surface area contributed by atoms with Crippen molar-refractivity contribution in [3.8, 4) is 5.75 Å². The molecule has 2 rings (SSSR count). The van der Waals surface area contributed by atoms with E-state index in [-0.39, 0.29) is 5.91 Å². The minimum atomic E-state index is -0.493. The fourth-order valence-corrected chi connectivity index (χ4v) is 2.54. The minimum absolute atomic E-state index is 0.0218. The molecule has 0 bridgehead atoms. The third-order valence-corrected chi connectivity index (χ3v) is 4.14. The highest BCUT2D eigenvalue weighted by atomic mass is 35.5. The zero-order valence-corrected chi connectivity index (χ0v) is 12.7. The largest absolute Gasteiger partial charge is 0.481 e. The molecule has 0 saturated carbocycles. The van der Waals surface area contributed by atoms with E-state index in [1.807, 2.05) is 17.9 Å². The van der Waals surface area contributed by atoms with Crippen LogP contribution in [0.4, 0.5) is 0 Å². The first kappa shape index (κ1) is 15.1. The third-order valence-electron chi connectivity index (χ3n) is 3.72. The number of aryl methyl sites for hydroxylation is 1. The van der Waals surface area contributed by atoms with Crippen LogP contribution in [0.2, 0.25) is 5.02 Å². The molecule has 2 atom stereocenters.